The van der Waals surface area contributed by atoms with E-state index in [2.05, 4.69) is 28.3 Å². The minimum atomic E-state index is 0.306. The Bertz CT molecular complexity index is 603. The van der Waals surface area contributed by atoms with Crippen LogP contribution in [0.3, 0.4) is 0 Å². The second-order valence-electron chi connectivity index (χ2n) is 5.62. The molecule has 1 aliphatic carbocycles. The number of nitrogens with zero attached hydrogens (tertiary/aromatic N) is 2. The maximum atomic E-state index is 6.26. The first-order valence-electron chi connectivity index (χ1n) is 7.95. The SMILES string of the molecule is CCc1cc2c(OC3CCCCCC3)nc(NC)nc2s1. The Morgan fingerprint density at radius 2 is 2.00 bits per heavy atom. The number of nitrogens with one attached hydrogen (secondary N) is 1. The average Bonchev–Trinajstić information content (AvgIpc) is 2.76. The van der Waals surface area contributed by atoms with Gasteiger partial charge in [0.25, 0.3) is 0 Å². The molecule has 0 spiro atoms. The molecule has 5 heteroatoms. The third-order valence-electron chi connectivity index (χ3n) is 4.06. The highest BCUT2D eigenvalue weighted by molar-refractivity contribution is 7.18. The van der Waals surface area contributed by atoms with Crippen molar-refractivity contribution in [2.45, 2.75) is 58.0 Å². The molecule has 1 fully saturated rings. The third-order valence-corrected chi connectivity index (χ3v) is 5.23. The molecule has 0 unspecified atom stereocenters. The second-order valence-corrected chi connectivity index (χ2v) is 6.73. The van der Waals surface area contributed by atoms with Crippen LogP contribution in [0.5, 0.6) is 5.88 Å². The molecule has 1 saturated carbocycles. The number of aryl methyl sites for hydroxylation is 1. The molecule has 1 N–H and O–H groups in total. The van der Waals surface area contributed by atoms with Gasteiger partial charge < -0.3 is 10.1 Å². The molecule has 3 rings (SSSR count). The minimum Gasteiger partial charge on any atom is -0.474 e. The molecular weight excluding hydrogens is 282 g/mol. The van der Waals surface area contributed by atoms with Crippen molar-refractivity contribution in [3.05, 3.63) is 10.9 Å². The molecule has 2 heterocycles. The van der Waals surface area contributed by atoms with Gasteiger partial charge in [-0.25, -0.2) is 4.98 Å². The lowest BCUT2D eigenvalue weighted by atomic mass is 10.1. The minimum absolute atomic E-state index is 0.306. The van der Waals surface area contributed by atoms with Crippen molar-refractivity contribution < 1.29 is 4.74 Å². The van der Waals surface area contributed by atoms with Crippen LogP contribution in [0, 0.1) is 0 Å². The normalized spacial score (nSPS) is 16.9. The van der Waals surface area contributed by atoms with E-state index in [1.54, 1.807) is 11.3 Å². The van der Waals surface area contributed by atoms with Gasteiger partial charge in [-0.1, -0.05) is 19.8 Å². The average molecular weight is 305 g/mol. The third kappa shape index (κ3) is 3.28. The number of aromatic nitrogens is 2. The first-order chi connectivity index (χ1) is 10.3. The number of thiophene rings is 1. The first-order valence-corrected chi connectivity index (χ1v) is 8.76. The number of fused-ring (bicyclic) bond motifs is 1. The lowest BCUT2D eigenvalue weighted by molar-refractivity contribution is 0.179. The summed E-state index contributed by atoms with van der Waals surface area (Å²) in [7, 11) is 1.85. The van der Waals surface area contributed by atoms with Gasteiger partial charge in [0.1, 0.15) is 10.9 Å². The molecule has 0 bridgehead atoms. The molecule has 1 aliphatic rings. The zero-order valence-electron chi connectivity index (χ0n) is 12.8. The summed E-state index contributed by atoms with van der Waals surface area (Å²) in [4.78, 5) is 11.5. The molecule has 21 heavy (non-hydrogen) atoms. The Balaban J connectivity index is 1.92. The van der Waals surface area contributed by atoms with E-state index in [0.717, 1.165) is 35.4 Å². The molecule has 0 aliphatic heterocycles. The fraction of sp³-hybridized carbons (Fsp3) is 0.625. The lowest BCUT2D eigenvalue weighted by Gasteiger charge is -2.17. The van der Waals surface area contributed by atoms with Gasteiger partial charge in [-0.15, -0.1) is 11.3 Å². The van der Waals surface area contributed by atoms with Crippen molar-refractivity contribution in [1.82, 2.24) is 9.97 Å². The van der Waals surface area contributed by atoms with Crippen LogP contribution < -0.4 is 10.1 Å². The molecule has 4 nitrogen and oxygen atoms in total. The van der Waals surface area contributed by atoms with Gasteiger partial charge >= 0.3 is 0 Å². The van der Waals surface area contributed by atoms with E-state index < -0.39 is 0 Å². The van der Waals surface area contributed by atoms with Crippen LogP contribution in [0.25, 0.3) is 10.2 Å². The Kier molecular flexibility index (Phi) is 4.58. The van der Waals surface area contributed by atoms with Crippen LogP contribution >= 0.6 is 11.3 Å². The smallest absolute Gasteiger partial charge is 0.227 e. The molecule has 0 atom stereocenters. The summed E-state index contributed by atoms with van der Waals surface area (Å²) in [5.74, 6) is 1.41. The molecule has 2 aromatic heterocycles. The van der Waals surface area contributed by atoms with Crippen LogP contribution in [-0.4, -0.2) is 23.1 Å². The van der Waals surface area contributed by atoms with Crippen LogP contribution in [0.2, 0.25) is 0 Å². The number of hydrogen-bond acceptors (Lipinski definition) is 5. The molecule has 0 radical (unpaired) electrons. The summed E-state index contributed by atoms with van der Waals surface area (Å²) in [6.45, 7) is 2.17. The summed E-state index contributed by atoms with van der Waals surface area (Å²) < 4.78 is 6.26. The van der Waals surface area contributed by atoms with Gasteiger partial charge in [0, 0.05) is 11.9 Å². The Morgan fingerprint density at radius 3 is 2.67 bits per heavy atom. The van der Waals surface area contributed by atoms with Crippen LogP contribution in [-0.2, 0) is 6.42 Å². The molecular formula is C16H23N3OS. The van der Waals surface area contributed by atoms with Crippen molar-refractivity contribution >= 4 is 27.5 Å². The predicted octanol–water partition coefficient (Wildman–Crippen LogP) is 4.40. The van der Waals surface area contributed by atoms with E-state index in [1.165, 1.54) is 30.6 Å². The van der Waals surface area contributed by atoms with E-state index in [4.69, 9.17) is 4.74 Å². The Labute approximate surface area is 129 Å². The quantitative estimate of drug-likeness (QED) is 0.851. The lowest BCUT2D eigenvalue weighted by Crippen LogP contribution is -2.16. The van der Waals surface area contributed by atoms with E-state index in [0.29, 0.717) is 12.1 Å². The number of hydrogen-bond donors (Lipinski definition) is 1. The maximum Gasteiger partial charge on any atom is 0.227 e. The van der Waals surface area contributed by atoms with E-state index in [1.807, 2.05) is 7.05 Å². The Morgan fingerprint density at radius 1 is 1.24 bits per heavy atom. The first kappa shape index (κ1) is 14.6. The van der Waals surface area contributed by atoms with Crippen LogP contribution in [0.4, 0.5) is 5.95 Å². The zero-order valence-corrected chi connectivity index (χ0v) is 13.6. The van der Waals surface area contributed by atoms with Gasteiger partial charge in [-0.05, 0) is 38.2 Å². The summed E-state index contributed by atoms with van der Waals surface area (Å²) in [5, 5.41) is 4.11. The number of anilines is 1. The molecule has 114 valence electrons. The second kappa shape index (κ2) is 6.60. The van der Waals surface area contributed by atoms with Crippen molar-refractivity contribution in [3.8, 4) is 5.88 Å². The highest BCUT2D eigenvalue weighted by atomic mass is 32.1. The van der Waals surface area contributed by atoms with Gasteiger partial charge in [0.05, 0.1) is 5.39 Å². The van der Waals surface area contributed by atoms with Gasteiger partial charge in [-0.3, -0.25) is 0 Å². The fourth-order valence-electron chi connectivity index (χ4n) is 2.84. The topological polar surface area (TPSA) is 47.0 Å². The number of ether oxygens (including phenoxy) is 1. The maximum absolute atomic E-state index is 6.26. The Hall–Kier alpha value is -1.36. The van der Waals surface area contributed by atoms with Gasteiger partial charge in [0.15, 0.2) is 0 Å². The molecule has 0 saturated heterocycles. The van der Waals surface area contributed by atoms with Gasteiger partial charge in [-0.2, -0.15) is 4.98 Å². The summed E-state index contributed by atoms with van der Waals surface area (Å²) in [6, 6.07) is 2.19. The number of rotatable bonds is 4. The van der Waals surface area contributed by atoms with Crippen molar-refractivity contribution in [2.75, 3.05) is 12.4 Å². The van der Waals surface area contributed by atoms with Crippen LogP contribution in [0.1, 0.15) is 50.3 Å². The van der Waals surface area contributed by atoms with Crippen molar-refractivity contribution in [2.24, 2.45) is 0 Å². The predicted molar refractivity (Wildman–Crippen MR) is 88.5 cm³/mol. The molecule has 0 amide bonds. The van der Waals surface area contributed by atoms with Gasteiger partial charge in [0.2, 0.25) is 11.8 Å². The monoisotopic (exact) mass is 305 g/mol. The summed E-state index contributed by atoms with van der Waals surface area (Å²) in [6.07, 6.45) is 8.82. The van der Waals surface area contributed by atoms with E-state index >= 15 is 0 Å². The highest BCUT2D eigenvalue weighted by Crippen LogP contribution is 2.33. The molecule has 0 aromatic carbocycles. The van der Waals surface area contributed by atoms with Crippen LogP contribution in [0.15, 0.2) is 6.07 Å². The van der Waals surface area contributed by atoms with Crippen molar-refractivity contribution in [1.29, 1.82) is 0 Å². The zero-order chi connectivity index (χ0) is 14.7. The van der Waals surface area contributed by atoms with E-state index in [-0.39, 0.29) is 0 Å². The molecule has 2 aromatic rings. The largest absolute Gasteiger partial charge is 0.474 e. The summed E-state index contributed by atoms with van der Waals surface area (Å²) >= 11 is 1.74. The standard InChI is InChI=1S/C16H23N3OS/c1-3-12-10-13-14(18-16(17-2)19-15(13)21-12)20-11-8-6-4-5-7-9-11/h10-11H,3-9H2,1-2H3,(H,17,18,19). The summed E-state index contributed by atoms with van der Waals surface area (Å²) in [5.41, 5.74) is 0. The fourth-order valence-corrected chi connectivity index (χ4v) is 3.80. The van der Waals surface area contributed by atoms with Crippen molar-refractivity contribution in [3.63, 3.8) is 0 Å². The highest BCUT2D eigenvalue weighted by Gasteiger charge is 2.18. The van der Waals surface area contributed by atoms with E-state index in [9.17, 15) is 0 Å².